The van der Waals surface area contributed by atoms with E-state index in [1.165, 1.54) is 83.5 Å². The summed E-state index contributed by atoms with van der Waals surface area (Å²) in [6, 6.07) is -0.642. The van der Waals surface area contributed by atoms with Crippen LogP contribution in [0.2, 0.25) is 0 Å². The topological polar surface area (TPSA) is 102 Å². The minimum Gasteiger partial charge on any atom is -0.463 e. The Morgan fingerprint density at radius 2 is 1.29 bits per heavy atom. The molecular formula is C27H49NO6. The molecule has 7 heteroatoms. The third-order valence-corrected chi connectivity index (χ3v) is 6.37. The van der Waals surface area contributed by atoms with E-state index in [-0.39, 0.29) is 25.1 Å². The van der Waals surface area contributed by atoms with Crippen molar-refractivity contribution in [1.29, 1.82) is 0 Å². The Hall–Kier alpha value is -1.63. The van der Waals surface area contributed by atoms with Gasteiger partial charge in [0.15, 0.2) is 0 Å². The number of esters is 2. The molecule has 0 spiro atoms. The zero-order valence-electron chi connectivity index (χ0n) is 21.5. The van der Waals surface area contributed by atoms with Crippen molar-refractivity contribution in [2.75, 3.05) is 13.2 Å². The summed E-state index contributed by atoms with van der Waals surface area (Å²) in [5, 5.41) is 12.3. The van der Waals surface area contributed by atoms with E-state index in [0.29, 0.717) is 19.3 Å². The van der Waals surface area contributed by atoms with Crippen LogP contribution in [0.25, 0.3) is 0 Å². The number of aliphatic hydroxyl groups excluding tert-OH is 1. The molecule has 1 unspecified atom stereocenters. The van der Waals surface area contributed by atoms with Crippen LogP contribution in [-0.4, -0.2) is 48.3 Å². The van der Waals surface area contributed by atoms with Crippen LogP contribution in [0, 0.1) is 0 Å². The largest absolute Gasteiger partial charge is 0.463 e. The van der Waals surface area contributed by atoms with Gasteiger partial charge in [0.2, 0.25) is 5.91 Å². The highest BCUT2D eigenvalue weighted by Gasteiger charge is 2.28. The van der Waals surface area contributed by atoms with Gasteiger partial charge >= 0.3 is 11.9 Å². The minimum absolute atomic E-state index is 0.175. The molecule has 1 saturated heterocycles. The van der Waals surface area contributed by atoms with E-state index >= 15 is 0 Å². The monoisotopic (exact) mass is 483 g/mol. The highest BCUT2D eigenvalue weighted by atomic mass is 16.6. The summed E-state index contributed by atoms with van der Waals surface area (Å²) in [5.74, 6) is -1.08. The predicted octanol–water partition coefficient (Wildman–Crippen LogP) is 5.36. The van der Waals surface area contributed by atoms with Gasteiger partial charge in [-0.1, -0.05) is 103 Å². The fourth-order valence-corrected chi connectivity index (χ4v) is 4.20. The third kappa shape index (κ3) is 16.9. The van der Waals surface area contributed by atoms with Crippen LogP contribution in [0.5, 0.6) is 0 Å². The molecule has 1 heterocycles. The van der Waals surface area contributed by atoms with E-state index in [9.17, 15) is 19.5 Å². The molecule has 0 radical (unpaired) electrons. The van der Waals surface area contributed by atoms with Crippen LogP contribution < -0.4 is 5.32 Å². The second-order valence-corrected chi connectivity index (χ2v) is 9.68. The van der Waals surface area contributed by atoms with Gasteiger partial charge in [0.05, 0.1) is 0 Å². The Bertz CT molecular complexity index is 553. The van der Waals surface area contributed by atoms with Gasteiger partial charge in [-0.3, -0.25) is 9.59 Å². The van der Waals surface area contributed by atoms with Crippen molar-refractivity contribution >= 4 is 17.8 Å². The van der Waals surface area contributed by atoms with Crippen LogP contribution in [0.15, 0.2) is 0 Å². The van der Waals surface area contributed by atoms with Crippen molar-refractivity contribution in [2.45, 2.75) is 141 Å². The SMILES string of the molecule is CCCCCCCCCCCCCCCCCCC(=O)OCC(O)COC(=O)[C@H]1CCC(=O)N1. The summed E-state index contributed by atoms with van der Waals surface area (Å²) in [4.78, 5) is 34.6. The number of carbonyl (C=O) groups excluding carboxylic acids is 3. The van der Waals surface area contributed by atoms with Crippen molar-refractivity contribution in [1.82, 2.24) is 5.32 Å². The molecule has 1 fully saturated rings. The average molecular weight is 484 g/mol. The average Bonchev–Trinajstić information content (AvgIpc) is 3.27. The second kappa shape index (κ2) is 20.7. The highest BCUT2D eigenvalue weighted by molar-refractivity contribution is 5.88. The molecule has 1 aliphatic rings. The van der Waals surface area contributed by atoms with Crippen LogP contribution in [0.4, 0.5) is 0 Å². The molecule has 1 aliphatic heterocycles. The zero-order chi connectivity index (χ0) is 24.9. The Morgan fingerprint density at radius 3 is 1.76 bits per heavy atom. The maximum absolute atomic E-state index is 11.8. The molecule has 0 aromatic rings. The molecule has 1 rings (SSSR count). The van der Waals surface area contributed by atoms with Crippen molar-refractivity contribution in [3.05, 3.63) is 0 Å². The van der Waals surface area contributed by atoms with E-state index in [0.717, 1.165) is 19.3 Å². The molecule has 0 aliphatic carbocycles. The fraction of sp³-hybridized carbons (Fsp3) is 0.889. The Morgan fingerprint density at radius 1 is 0.824 bits per heavy atom. The Balaban J connectivity index is 1.82. The van der Waals surface area contributed by atoms with Gasteiger partial charge in [-0.15, -0.1) is 0 Å². The Kier molecular flexibility index (Phi) is 18.5. The molecule has 0 aromatic heterocycles. The number of carbonyl (C=O) groups is 3. The van der Waals surface area contributed by atoms with E-state index < -0.39 is 18.1 Å². The summed E-state index contributed by atoms with van der Waals surface area (Å²) < 4.78 is 10.0. The number of nitrogens with one attached hydrogen (secondary N) is 1. The van der Waals surface area contributed by atoms with Crippen LogP contribution in [0.1, 0.15) is 129 Å². The van der Waals surface area contributed by atoms with Gasteiger partial charge in [-0.05, 0) is 12.8 Å². The summed E-state index contributed by atoms with van der Waals surface area (Å²) in [6.45, 7) is 1.82. The van der Waals surface area contributed by atoms with E-state index in [2.05, 4.69) is 12.2 Å². The van der Waals surface area contributed by atoms with Gasteiger partial charge in [0.1, 0.15) is 25.4 Å². The highest BCUT2D eigenvalue weighted by Crippen LogP contribution is 2.14. The van der Waals surface area contributed by atoms with Crippen molar-refractivity contribution < 1.29 is 29.0 Å². The maximum atomic E-state index is 11.8. The third-order valence-electron chi connectivity index (χ3n) is 6.37. The molecule has 1 amide bonds. The van der Waals surface area contributed by atoms with Gasteiger partial charge < -0.3 is 19.9 Å². The molecular weight excluding hydrogens is 434 g/mol. The number of unbranched alkanes of at least 4 members (excludes halogenated alkanes) is 15. The lowest BCUT2D eigenvalue weighted by molar-refractivity contribution is -0.154. The fourth-order valence-electron chi connectivity index (χ4n) is 4.20. The lowest BCUT2D eigenvalue weighted by Gasteiger charge is -2.14. The second-order valence-electron chi connectivity index (χ2n) is 9.68. The summed E-state index contributed by atoms with van der Waals surface area (Å²) in [5.41, 5.74) is 0. The maximum Gasteiger partial charge on any atom is 0.328 e. The lowest BCUT2D eigenvalue weighted by Crippen LogP contribution is -2.36. The van der Waals surface area contributed by atoms with Gasteiger partial charge in [0, 0.05) is 12.8 Å². The van der Waals surface area contributed by atoms with Crippen molar-refractivity contribution in [3.63, 3.8) is 0 Å². The number of rotatable bonds is 22. The number of aliphatic hydroxyl groups is 1. The first kappa shape index (κ1) is 30.4. The summed E-state index contributed by atoms with van der Waals surface area (Å²) in [7, 11) is 0. The number of ether oxygens (including phenoxy) is 2. The predicted molar refractivity (Wildman–Crippen MR) is 133 cm³/mol. The van der Waals surface area contributed by atoms with Crippen LogP contribution in [0.3, 0.4) is 0 Å². The first-order chi connectivity index (χ1) is 16.5. The molecule has 2 atom stereocenters. The van der Waals surface area contributed by atoms with Crippen molar-refractivity contribution in [3.8, 4) is 0 Å². The van der Waals surface area contributed by atoms with Crippen LogP contribution >= 0.6 is 0 Å². The van der Waals surface area contributed by atoms with E-state index in [4.69, 9.17) is 9.47 Å². The van der Waals surface area contributed by atoms with Crippen LogP contribution in [-0.2, 0) is 23.9 Å². The molecule has 7 nitrogen and oxygen atoms in total. The Labute approximate surface area is 206 Å². The van der Waals surface area contributed by atoms with Gasteiger partial charge in [-0.2, -0.15) is 0 Å². The van der Waals surface area contributed by atoms with Gasteiger partial charge in [-0.25, -0.2) is 4.79 Å². The zero-order valence-corrected chi connectivity index (χ0v) is 21.5. The normalized spacial score (nSPS) is 16.3. The first-order valence-electron chi connectivity index (χ1n) is 13.8. The molecule has 198 valence electrons. The smallest absolute Gasteiger partial charge is 0.328 e. The molecule has 0 aromatic carbocycles. The lowest BCUT2D eigenvalue weighted by atomic mass is 10.0. The minimum atomic E-state index is -1.06. The number of amides is 1. The van der Waals surface area contributed by atoms with Crippen molar-refractivity contribution in [2.24, 2.45) is 0 Å². The summed E-state index contributed by atoms with van der Waals surface area (Å²) >= 11 is 0. The molecule has 0 saturated carbocycles. The molecule has 0 bridgehead atoms. The summed E-state index contributed by atoms with van der Waals surface area (Å²) in [6.07, 6.45) is 20.6. The standard InChI is InChI=1S/C27H49NO6/c1-2-3-4-5-6-7-8-9-10-11-12-13-14-15-16-17-18-26(31)33-21-23(29)22-34-27(32)24-19-20-25(30)28-24/h23-24,29H,2-22H2,1H3,(H,28,30)/t23?,24-/m1/s1. The number of hydrogen-bond acceptors (Lipinski definition) is 6. The number of hydrogen-bond donors (Lipinski definition) is 2. The van der Waals surface area contributed by atoms with Gasteiger partial charge in [0.25, 0.3) is 0 Å². The molecule has 34 heavy (non-hydrogen) atoms. The first-order valence-corrected chi connectivity index (χ1v) is 13.8. The van der Waals surface area contributed by atoms with E-state index in [1.807, 2.05) is 0 Å². The molecule has 2 N–H and O–H groups in total. The quantitative estimate of drug-likeness (QED) is 0.159. The van der Waals surface area contributed by atoms with E-state index in [1.54, 1.807) is 0 Å².